The summed E-state index contributed by atoms with van der Waals surface area (Å²) in [5.74, 6) is -0.0127. The van der Waals surface area contributed by atoms with Gasteiger partial charge in [-0.25, -0.2) is 0 Å². The molecule has 1 heterocycles. The van der Waals surface area contributed by atoms with E-state index in [1.807, 2.05) is 35.2 Å². The molecular formula is C27H32N4O. The topological polar surface area (TPSA) is 52.8 Å². The molecule has 1 aliphatic heterocycles. The van der Waals surface area contributed by atoms with Gasteiger partial charge in [-0.05, 0) is 48.5 Å². The van der Waals surface area contributed by atoms with Crippen molar-refractivity contribution in [3.63, 3.8) is 0 Å². The van der Waals surface area contributed by atoms with Crippen LogP contribution in [-0.2, 0) is 17.9 Å². The summed E-state index contributed by atoms with van der Waals surface area (Å²) in [4.78, 5) is 19.3. The molecule has 0 aliphatic carbocycles. The van der Waals surface area contributed by atoms with Crippen LogP contribution in [0.4, 0.5) is 5.69 Å². The summed E-state index contributed by atoms with van der Waals surface area (Å²) < 4.78 is 0. The van der Waals surface area contributed by atoms with E-state index < -0.39 is 6.04 Å². The van der Waals surface area contributed by atoms with Crippen LogP contribution < -0.4 is 10.6 Å². The number of nitrogens with zero attached hydrogens (tertiary/aromatic N) is 3. The van der Waals surface area contributed by atoms with E-state index >= 15 is 0 Å². The molecule has 166 valence electrons. The van der Waals surface area contributed by atoms with Gasteiger partial charge in [0.2, 0.25) is 5.91 Å². The Labute approximate surface area is 191 Å². The summed E-state index contributed by atoms with van der Waals surface area (Å²) in [6, 6.07) is 26.6. The number of carbonyl (C=O) groups is 1. The quantitative estimate of drug-likeness (QED) is 0.652. The molecule has 2 N–H and O–H groups in total. The highest BCUT2D eigenvalue weighted by molar-refractivity contribution is 5.97. The van der Waals surface area contributed by atoms with Gasteiger partial charge in [-0.15, -0.1) is 0 Å². The zero-order valence-corrected chi connectivity index (χ0v) is 18.9. The van der Waals surface area contributed by atoms with Crippen molar-refractivity contribution in [2.24, 2.45) is 5.73 Å². The van der Waals surface area contributed by atoms with Crippen LogP contribution >= 0.6 is 0 Å². The molecule has 5 heteroatoms. The van der Waals surface area contributed by atoms with E-state index in [9.17, 15) is 4.79 Å². The zero-order chi connectivity index (χ0) is 22.5. The normalized spacial score (nSPS) is 17.6. The van der Waals surface area contributed by atoms with Gasteiger partial charge in [-0.2, -0.15) is 0 Å². The Bertz CT molecular complexity index is 1030. The summed E-state index contributed by atoms with van der Waals surface area (Å²) in [7, 11) is 4.16. The first-order valence-electron chi connectivity index (χ1n) is 11.2. The van der Waals surface area contributed by atoms with Crippen LogP contribution in [0.1, 0.15) is 11.1 Å². The first-order chi connectivity index (χ1) is 15.5. The van der Waals surface area contributed by atoms with Gasteiger partial charge in [0.15, 0.2) is 0 Å². The molecule has 0 bridgehead atoms. The maximum atomic E-state index is 13.0. The Morgan fingerprint density at radius 1 is 0.906 bits per heavy atom. The minimum Gasteiger partial charge on any atom is -0.319 e. The fourth-order valence-corrected chi connectivity index (χ4v) is 4.34. The van der Waals surface area contributed by atoms with E-state index in [-0.39, 0.29) is 5.91 Å². The number of nitrogens with two attached hydrogens (primary N) is 1. The van der Waals surface area contributed by atoms with E-state index in [0.717, 1.165) is 30.9 Å². The molecule has 1 atom stereocenters. The van der Waals surface area contributed by atoms with Gasteiger partial charge in [0.25, 0.3) is 0 Å². The fraction of sp³-hybridized carbons (Fsp3) is 0.296. The van der Waals surface area contributed by atoms with Crippen LogP contribution in [0, 0.1) is 0 Å². The third kappa shape index (κ3) is 5.25. The number of hydrogen-bond acceptors (Lipinski definition) is 4. The molecule has 0 saturated carbocycles. The molecule has 1 unspecified atom stereocenters. The number of anilines is 1. The van der Waals surface area contributed by atoms with E-state index in [4.69, 9.17) is 5.73 Å². The number of benzene rings is 3. The van der Waals surface area contributed by atoms with Crippen LogP contribution in [0.3, 0.4) is 0 Å². The SMILES string of the molecule is CN(C)Cc1ccccc1-c1ccc(N2CCN(Cc3ccccc3)CC(N)C2=O)cc1. The third-order valence-corrected chi connectivity index (χ3v) is 5.92. The summed E-state index contributed by atoms with van der Waals surface area (Å²) >= 11 is 0. The van der Waals surface area contributed by atoms with Gasteiger partial charge in [0.05, 0.1) is 6.04 Å². The van der Waals surface area contributed by atoms with Crippen molar-refractivity contribution in [2.45, 2.75) is 19.1 Å². The molecule has 0 spiro atoms. The largest absolute Gasteiger partial charge is 0.319 e. The highest BCUT2D eigenvalue weighted by Crippen LogP contribution is 2.27. The summed E-state index contributed by atoms with van der Waals surface area (Å²) in [5, 5.41) is 0. The van der Waals surface area contributed by atoms with E-state index in [0.29, 0.717) is 13.1 Å². The number of hydrogen-bond donors (Lipinski definition) is 1. The molecule has 4 rings (SSSR count). The molecule has 1 amide bonds. The second kappa shape index (κ2) is 10.1. The van der Waals surface area contributed by atoms with Crippen molar-refractivity contribution in [1.29, 1.82) is 0 Å². The van der Waals surface area contributed by atoms with Gasteiger partial charge < -0.3 is 15.5 Å². The average molecular weight is 429 g/mol. The van der Waals surface area contributed by atoms with Crippen molar-refractivity contribution in [3.8, 4) is 11.1 Å². The molecule has 1 saturated heterocycles. The maximum absolute atomic E-state index is 13.0. The predicted octanol–water partition coefficient (Wildman–Crippen LogP) is 3.59. The Balaban J connectivity index is 1.51. The van der Waals surface area contributed by atoms with Gasteiger partial charge in [-0.1, -0.05) is 66.7 Å². The highest BCUT2D eigenvalue weighted by Gasteiger charge is 2.28. The standard InChI is InChI=1S/C27H32N4O/c1-29(2)19-23-10-6-7-11-25(23)22-12-14-24(15-13-22)31-17-16-30(20-26(28)27(31)32)18-21-8-4-3-5-9-21/h3-15,26H,16-20,28H2,1-2H3. The fourth-order valence-electron chi connectivity index (χ4n) is 4.34. The van der Waals surface area contributed by atoms with E-state index in [1.54, 1.807) is 0 Å². The maximum Gasteiger partial charge on any atom is 0.245 e. The second-order valence-electron chi connectivity index (χ2n) is 8.76. The average Bonchev–Trinajstić information content (AvgIpc) is 2.93. The number of rotatable bonds is 6. The monoisotopic (exact) mass is 428 g/mol. The summed E-state index contributed by atoms with van der Waals surface area (Å²) in [6.45, 7) is 3.68. The lowest BCUT2D eigenvalue weighted by atomic mass is 9.99. The molecule has 3 aromatic carbocycles. The van der Waals surface area contributed by atoms with Gasteiger partial charge in [0, 0.05) is 38.4 Å². The smallest absolute Gasteiger partial charge is 0.245 e. The van der Waals surface area contributed by atoms with Crippen LogP contribution in [0.25, 0.3) is 11.1 Å². The van der Waals surface area contributed by atoms with Crippen molar-refractivity contribution in [1.82, 2.24) is 9.80 Å². The van der Waals surface area contributed by atoms with Crippen molar-refractivity contribution in [3.05, 3.63) is 90.0 Å². The Kier molecular flexibility index (Phi) is 7.00. The van der Waals surface area contributed by atoms with Crippen LogP contribution in [0.2, 0.25) is 0 Å². The number of amides is 1. The second-order valence-corrected chi connectivity index (χ2v) is 8.76. The zero-order valence-electron chi connectivity index (χ0n) is 18.9. The summed E-state index contributed by atoms with van der Waals surface area (Å²) in [5.41, 5.74) is 12.1. The van der Waals surface area contributed by atoms with Crippen LogP contribution in [0.15, 0.2) is 78.9 Å². The lowest BCUT2D eigenvalue weighted by Crippen LogP contribution is -2.45. The molecule has 1 fully saturated rings. The molecular weight excluding hydrogens is 396 g/mol. The lowest BCUT2D eigenvalue weighted by molar-refractivity contribution is -0.119. The molecule has 32 heavy (non-hydrogen) atoms. The summed E-state index contributed by atoms with van der Waals surface area (Å²) in [6.07, 6.45) is 0. The predicted molar refractivity (Wildman–Crippen MR) is 131 cm³/mol. The molecule has 3 aromatic rings. The van der Waals surface area contributed by atoms with Gasteiger partial charge in [0.1, 0.15) is 0 Å². The van der Waals surface area contributed by atoms with Crippen molar-refractivity contribution >= 4 is 11.6 Å². The Hall–Kier alpha value is -2.99. The molecule has 0 aromatic heterocycles. The Morgan fingerprint density at radius 3 is 2.31 bits per heavy atom. The minimum atomic E-state index is -0.526. The molecule has 0 radical (unpaired) electrons. The van der Waals surface area contributed by atoms with Gasteiger partial charge in [-0.3, -0.25) is 9.69 Å². The lowest BCUT2D eigenvalue weighted by Gasteiger charge is -2.23. The van der Waals surface area contributed by atoms with Crippen LogP contribution in [0.5, 0.6) is 0 Å². The molecule has 1 aliphatic rings. The van der Waals surface area contributed by atoms with Crippen LogP contribution in [-0.4, -0.2) is 55.5 Å². The molecule has 5 nitrogen and oxygen atoms in total. The van der Waals surface area contributed by atoms with E-state index in [1.165, 1.54) is 16.7 Å². The van der Waals surface area contributed by atoms with Crippen molar-refractivity contribution < 1.29 is 4.79 Å². The Morgan fingerprint density at radius 2 is 1.59 bits per heavy atom. The van der Waals surface area contributed by atoms with Gasteiger partial charge >= 0.3 is 0 Å². The number of carbonyl (C=O) groups excluding carboxylic acids is 1. The van der Waals surface area contributed by atoms with E-state index in [2.05, 4.69) is 72.4 Å². The van der Waals surface area contributed by atoms with Crippen molar-refractivity contribution in [2.75, 3.05) is 38.6 Å². The first-order valence-corrected chi connectivity index (χ1v) is 11.2. The first kappa shape index (κ1) is 22.2. The highest BCUT2D eigenvalue weighted by atomic mass is 16.2. The minimum absolute atomic E-state index is 0.0127. The third-order valence-electron chi connectivity index (χ3n) is 5.92.